The fraction of sp³-hybridized carbons (Fsp3) is 0.302. The molecular formula is C43H48N6O9S. The highest BCUT2D eigenvalue weighted by atomic mass is 32.2. The van der Waals surface area contributed by atoms with Crippen molar-refractivity contribution in [3.8, 4) is 23.0 Å². The monoisotopic (exact) mass is 824 g/mol. The summed E-state index contributed by atoms with van der Waals surface area (Å²) >= 11 is 0. The smallest absolute Gasteiger partial charge is 0.323 e. The van der Waals surface area contributed by atoms with E-state index >= 15 is 0 Å². The molecule has 0 aliphatic carbocycles. The number of sulfonamides is 1. The van der Waals surface area contributed by atoms with E-state index in [1.807, 2.05) is 51.1 Å². The highest BCUT2D eigenvalue weighted by Gasteiger charge is 2.23. The predicted molar refractivity (Wildman–Crippen MR) is 227 cm³/mol. The van der Waals surface area contributed by atoms with E-state index in [0.717, 1.165) is 22.8 Å². The summed E-state index contributed by atoms with van der Waals surface area (Å²) in [6.07, 6.45) is 3.04. The van der Waals surface area contributed by atoms with Gasteiger partial charge in [-0.05, 0) is 65.1 Å². The summed E-state index contributed by atoms with van der Waals surface area (Å²) in [7, 11) is -0.732. The van der Waals surface area contributed by atoms with E-state index in [0.29, 0.717) is 72.3 Å². The van der Waals surface area contributed by atoms with Crippen molar-refractivity contribution in [3.05, 3.63) is 107 Å². The van der Waals surface area contributed by atoms with Gasteiger partial charge in [-0.15, -0.1) is 0 Å². The molecule has 0 radical (unpaired) electrons. The number of benzene rings is 4. The maximum atomic E-state index is 13.5. The molecule has 59 heavy (non-hydrogen) atoms. The number of urea groups is 1. The standard InChI is InChI=1S/C43H48N6O9S/c1-43(2,3)29-23-36(40(56-5)37(24-29)48-59(6,53)54)47-42(52)46-35-11-12-38(34-10-8-7-9-33(34)35)58-31-13-14-44-30(25-31)20-27-19-28(22-32(21-27)55-4)41(51)45-26-39(50)49-15-17-57-18-16-49/h7-14,19,21-25,48H,15-18,20,26H2,1-6H3,(H,45,51)(H2,46,47,52). The van der Waals surface area contributed by atoms with Gasteiger partial charge in [0, 0.05) is 53.8 Å². The van der Waals surface area contributed by atoms with Crippen molar-refractivity contribution in [1.82, 2.24) is 15.2 Å². The highest BCUT2D eigenvalue weighted by molar-refractivity contribution is 7.92. The molecule has 15 nitrogen and oxygen atoms in total. The first-order valence-electron chi connectivity index (χ1n) is 18.8. The van der Waals surface area contributed by atoms with Crippen LogP contribution in [0.1, 0.15) is 48.0 Å². The minimum Gasteiger partial charge on any atom is -0.497 e. The van der Waals surface area contributed by atoms with Crippen LogP contribution in [0.4, 0.5) is 21.9 Å². The van der Waals surface area contributed by atoms with Crippen LogP contribution in [0.25, 0.3) is 10.8 Å². The van der Waals surface area contributed by atoms with Crippen molar-refractivity contribution in [3.63, 3.8) is 0 Å². The van der Waals surface area contributed by atoms with E-state index in [4.69, 9.17) is 18.9 Å². The average molecular weight is 825 g/mol. The van der Waals surface area contributed by atoms with Crippen molar-refractivity contribution >= 4 is 55.7 Å². The zero-order chi connectivity index (χ0) is 42.3. The summed E-state index contributed by atoms with van der Waals surface area (Å²) in [6.45, 7) is 7.74. The Balaban J connectivity index is 1.17. The quantitative estimate of drug-likeness (QED) is 0.102. The Morgan fingerprint density at radius 3 is 2.24 bits per heavy atom. The van der Waals surface area contributed by atoms with Gasteiger partial charge in [0.05, 0.1) is 57.3 Å². The van der Waals surface area contributed by atoms with Crippen LogP contribution in [0.5, 0.6) is 23.0 Å². The lowest BCUT2D eigenvalue weighted by molar-refractivity contribution is -0.134. The van der Waals surface area contributed by atoms with E-state index in [-0.39, 0.29) is 35.0 Å². The number of methoxy groups -OCH3 is 2. The Morgan fingerprint density at radius 2 is 1.54 bits per heavy atom. The Kier molecular flexibility index (Phi) is 12.9. The number of amides is 4. The van der Waals surface area contributed by atoms with Gasteiger partial charge in [-0.1, -0.05) is 45.0 Å². The fourth-order valence-electron chi connectivity index (χ4n) is 6.54. The third kappa shape index (κ3) is 11.0. The first-order valence-corrected chi connectivity index (χ1v) is 20.7. The molecule has 0 atom stereocenters. The summed E-state index contributed by atoms with van der Waals surface area (Å²) < 4.78 is 49.6. The Bertz CT molecular complexity index is 2480. The average Bonchev–Trinajstić information content (AvgIpc) is 3.20. The molecule has 1 saturated heterocycles. The molecule has 1 aromatic heterocycles. The Morgan fingerprint density at radius 1 is 0.831 bits per heavy atom. The maximum Gasteiger partial charge on any atom is 0.323 e. The molecule has 5 aromatic rings. The molecule has 310 valence electrons. The molecule has 0 bridgehead atoms. The van der Waals surface area contributed by atoms with Crippen LogP contribution in [0.15, 0.2) is 85.1 Å². The molecule has 2 heterocycles. The molecule has 4 aromatic carbocycles. The van der Waals surface area contributed by atoms with Gasteiger partial charge in [0.15, 0.2) is 5.75 Å². The SMILES string of the molecule is COc1cc(Cc2cc(Oc3ccc(NC(=O)Nc4cc(C(C)(C)C)cc(NS(C)(=O)=O)c4OC)c4ccccc34)ccn2)cc(C(=O)NCC(=O)N2CCOCC2)c1. The van der Waals surface area contributed by atoms with Crippen molar-refractivity contribution in [1.29, 1.82) is 0 Å². The van der Waals surface area contributed by atoms with Crippen LogP contribution in [0.2, 0.25) is 0 Å². The van der Waals surface area contributed by atoms with Crippen LogP contribution in [0, 0.1) is 0 Å². The van der Waals surface area contributed by atoms with Crippen LogP contribution >= 0.6 is 0 Å². The van der Waals surface area contributed by atoms with Gasteiger partial charge in [-0.3, -0.25) is 19.3 Å². The molecule has 0 unspecified atom stereocenters. The first kappa shape index (κ1) is 42.2. The van der Waals surface area contributed by atoms with Gasteiger partial charge in [-0.25, -0.2) is 13.2 Å². The number of ether oxygens (including phenoxy) is 4. The minimum absolute atomic E-state index is 0.125. The second-order valence-corrected chi connectivity index (χ2v) is 16.7. The van der Waals surface area contributed by atoms with Crippen molar-refractivity contribution in [2.45, 2.75) is 32.6 Å². The van der Waals surface area contributed by atoms with Crippen LogP contribution in [-0.2, 0) is 31.4 Å². The number of pyridine rings is 1. The third-order valence-electron chi connectivity index (χ3n) is 9.46. The summed E-state index contributed by atoms with van der Waals surface area (Å²) in [5, 5.41) is 9.91. The molecular weight excluding hydrogens is 777 g/mol. The van der Waals surface area contributed by atoms with Crippen LogP contribution in [0.3, 0.4) is 0 Å². The summed E-state index contributed by atoms with van der Waals surface area (Å²) in [4.78, 5) is 45.4. The van der Waals surface area contributed by atoms with Crippen molar-refractivity contribution in [2.75, 3.05) is 68.7 Å². The fourth-order valence-corrected chi connectivity index (χ4v) is 7.09. The topological polar surface area (TPSA) is 187 Å². The van der Waals surface area contributed by atoms with E-state index in [1.54, 1.807) is 59.6 Å². The van der Waals surface area contributed by atoms with Gasteiger partial charge in [0.1, 0.15) is 17.2 Å². The first-order chi connectivity index (χ1) is 28.1. The van der Waals surface area contributed by atoms with Crippen LogP contribution in [-0.4, -0.2) is 89.5 Å². The predicted octanol–water partition coefficient (Wildman–Crippen LogP) is 6.54. The van der Waals surface area contributed by atoms with Crippen molar-refractivity contribution < 1.29 is 41.7 Å². The molecule has 4 amide bonds. The second kappa shape index (κ2) is 18.0. The molecule has 6 rings (SSSR count). The maximum absolute atomic E-state index is 13.5. The summed E-state index contributed by atoms with van der Waals surface area (Å²) in [5.41, 5.74) is 3.17. The Hall–Kier alpha value is -6.39. The number of hydrogen-bond donors (Lipinski definition) is 4. The largest absolute Gasteiger partial charge is 0.497 e. The number of morpholine rings is 1. The highest BCUT2D eigenvalue weighted by Crippen LogP contribution is 2.40. The number of hydrogen-bond acceptors (Lipinski definition) is 10. The number of nitrogens with zero attached hydrogens (tertiary/aromatic N) is 2. The molecule has 0 saturated carbocycles. The van der Waals surface area contributed by atoms with Gasteiger partial charge < -0.3 is 39.8 Å². The lowest BCUT2D eigenvalue weighted by Crippen LogP contribution is -2.45. The van der Waals surface area contributed by atoms with E-state index in [1.165, 1.54) is 14.2 Å². The van der Waals surface area contributed by atoms with E-state index in [2.05, 4.69) is 25.7 Å². The molecule has 16 heteroatoms. The normalized spacial score (nSPS) is 13.0. The lowest BCUT2D eigenvalue weighted by Gasteiger charge is -2.26. The number of anilines is 3. The number of nitrogens with one attached hydrogen (secondary N) is 4. The Labute approximate surface area is 343 Å². The number of carbonyl (C=O) groups is 3. The van der Waals surface area contributed by atoms with Crippen LogP contribution < -0.4 is 34.9 Å². The van der Waals surface area contributed by atoms with E-state index < -0.39 is 22.0 Å². The molecule has 1 fully saturated rings. The van der Waals surface area contributed by atoms with Crippen molar-refractivity contribution in [2.24, 2.45) is 0 Å². The second-order valence-electron chi connectivity index (χ2n) is 15.0. The summed E-state index contributed by atoms with van der Waals surface area (Å²) in [5.74, 6) is 1.13. The zero-order valence-electron chi connectivity index (χ0n) is 33.8. The minimum atomic E-state index is -3.65. The summed E-state index contributed by atoms with van der Waals surface area (Å²) in [6, 6.07) is 22.5. The molecule has 0 spiro atoms. The zero-order valence-corrected chi connectivity index (χ0v) is 34.6. The third-order valence-corrected chi connectivity index (χ3v) is 10.1. The lowest BCUT2D eigenvalue weighted by atomic mass is 9.86. The van der Waals surface area contributed by atoms with Gasteiger partial charge in [-0.2, -0.15) is 0 Å². The number of rotatable bonds is 13. The number of carbonyl (C=O) groups excluding carboxylic acids is 3. The van der Waals surface area contributed by atoms with E-state index in [9.17, 15) is 22.8 Å². The van der Waals surface area contributed by atoms with Gasteiger partial charge in [0.2, 0.25) is 15.9 Å². The number of fused-ring (bicyclic) bond motifs is 1. The molecule has 4 N–H and O–H groups in total. The molecule has 1 aliphatic rings. The van der Waals surface area contributed by atoms with Gasteiger partial charge in [0.25, 0.3) is 5.91 Å². The number of aromatic nitrogens is 1. The van der Waals surface area contributed by atoms with Gasteiger partial charge >= 0.3 is 6.03 Å². The molecule has 1 aliphatic heterocycles.